The maximum Gasteiger partial charge on any atom is 0.325 e. The fraction of sp³-hybridized carbons (Fsp3) is 0.471. The monoisotopic (exact) mass is 394 g/mol. The molecule has 27 heavy (non-hydrogen) atoms. The predicted octanol–water partition coefficient (Wildman–Crippen LogP) is 0.917. The highest BCUT2D eigenvalue weighted by Crippen LogP contribution is 2.32. The normalized spacial score (nSPS) is 19.7. The van der Waals surface area contributed by atoms with Crippen molar-refractivity contribution in [3.63, 3.8) is 0 Å². The molecule has 2 aliphatic rings. The number of urea groups is 1. The molecule has 1 spiro atoms. The maximum atomic E-state index is 12.8. The first-order chi connectivity index (χ1) is 12.7. The zero-order chi connectivity index (χ0) is 19.7. The van der Waals surface area contributed by atoms with Gasteiger partial charge in [-0.15, -0.1) is 0 Å². The first-order valence-corrected chi connectivity index (χ1v) is 10.3. The molecule has 3 rings (SSSR count). The zero-order valence-electron chi connectivity index (χ0n) is 14.7. The van der Waals surface area contributed by atoms with E-state index >= 15 is 0 Å². The van der Waals surface area contributed by atoms with Crippen LogP contribution in [0.3, 0.4) is 0 Å². The molecule has 0 atom stereocenters. The molecule has 0 radical (unpaired) electrons. The van der Waals surface area contributed by atoms with Crippen LogP contribution in [-0.2, 0) is 19.6 Å². The second kappa shape index (κ2) is 7.28. The zero-order valence-corrected chi connectivity index (χ0v) is 15.5. The summed E-state index contributed by atoms with van der Waals surface area (Å²) in [5.74, 6) is -0.901. The number of hydrogen-bond donors (Lipinski definition) is 3. The molecule has 10 heteroatoms. The quantitative estimate of drug-likeness (QED) is 0.652. The Kier molecular flexibility index (Phi) is 5.20. The van der Waals surface area contributed by atoms with Crippen LogP contribution in [0.15, 0.2) is 29.2 Å². The molecule has 9 nitrogen and oxygen atoms in total. The van der Waals surface area contributed by atoms with Crippen LogP contribution >= 0.6 is 0 Å². The first kappa shape index (κ1) is 19.3. The molecule has 1 heterocycles. The Labute approximate surface area is 157 Å². The van der Waals surface area contributed by atoms with Crippen molar-refractivity contribution in [3.8, 4) is 0 Å². The highest BCUT2D eigenvalue weighted by atomic mass is 32.2. The topological polar surface area (TPSA) is 139 Å². The Morgan fingerprint density at radius 3 is 2.26 bits per heavy atom. The molecule has 1 aromatic carbocycles. The molecule has 0 unspecified atom stereocenters. The van der Waals surface area contributed by atoms with E-state index in [1.807, 2.05) is 0 Å². The van der Waals surface area contributed by atoms with E-state index in [0.29, 0.717) is 18.5 Å². The Morgan fingerprint density at radius 2 is 1.70 bits per heavy atom. The fourth-order valence-corrected chi connectivity index (χ4v) is 4.08. The number of rotatable bonds is 4. The van der Waals surface area contributed by atoms with Crippen LogP contribution in [0, 0.1) is 0 Å². The van der Waals surface area contributed by atoms with Crippen molar-refractivity contribution in [1.82, 2.24) is 10.2 Å². The van der Waals surface area contributed by atoms with Gasteiger partial charge in [0.1, 0.15) is 12.1 Å². The molecule has 1 aromatic rings. The SMILES string of the molecule is NS(=O)(=O)c1ccc(NC(=O)CN2C(=O)NC3(CCCCCC3)C2=O)cc1. The second-order valence-electron chi connectivity index (χ2n) is 6.94. The van der Waals surface area contributed by atoms with E-state index in [2.05, 4.69) is 10.6 Å². The second-order valence-corrected chi connectivity index (χ2v) is 8.50. The number of anilines is 1. The Hall–Kier alpha value is -2.46. The Balaban J connectivity index is 1.65. The fourth-order valence-electron chi connectivity index (χ4n) is 3.56. The van der Waals surface area contributed by atoms with Gasteiger partial charge in [-0.2, -0.15) is 0 Å². The molecule has 0 bridgehead atoms. The number of sulfonamides is 1. The summed E-state index contributed by atoms with van der Waals surface area (Å²) >= 11 is 0. The van der Waals surface area contributed by atoms with Gasteiger partial charge in [0.15, 0.2) is 0 Å². The van der Waals surface area contributed by atoms with E-state index in [1.54, 1.807) is 0 Å². The van der Waals surface area contributed by atoms with Crippen molar-refractivity contribution in [2.45, 2.75) is 49.0 Å². The number of imide groups is 1. The van der Waals surface area contributed by atoms with Crippen molar-refractivity contribution in [2.75, 3.05) is 11.9 Å². The largest absolute Gasteiger partial charge is 0.325 e. The van der Waals surface area contributed by atoms with E-state index in [9.17, 15) is 22.8 Å². The van der Waals surface area contributed by atoms with Crippen molar-refractivity contribution in [2.24, 2.45) is 5.14 Å². The molecule has 2 fully saturated rings. The average molecular weight is 394 g/mol. The number of primary sulfonamides is 1. The number of benzene rings is 1. The maximum absolute atomic E-state index is 12.8. The van der Waals surface area contributed by atoms with Gasteiger partial charge < -0.3 is 10.6 Å². The van der Waals surface area contributed by atoms with Crippen molar-refractivity contribution < 1.29 is 22.8 Å². The lowest BCUT2D eigenvalue weighted by atomic mass is 9.90. The van der Waals surface area contributed by atoms with Crippen LogP contribution in [0.4, 0.5) is 10.5 Å². The summed E-state index contributed by atoms with van der Waals surface area (Å²) in [4.78, 5) is 38.1. The van der Waals surface area contributed by atoms with Crippen molar-refractivity contribution in [3.05, 3.63) is 24.3 Å². The lowest BCUT2D eigenvalue weighted by Gasteiger charge is -2.24. The minimum absolute atomic E-state index is 0.0788. The molecule has 1 aliphatic heterocycles. The van der Waals surface area contributed by atoms with E-state index < -0.39 is 34.0 Å². The van der Waals surface area contributed by atoms with E-state index in [4.69, 9.17) is 5.14 Å². The number of carbonyl (C=O) groups is 3. The third-order valence-corrected chi connectivity index (χ3v) is 5.90. The van der Waals surface area contributed by atoms with Gasteiger partial charge >= 0.3 is 6.03 Å². The molecule has 1 saturated heterocycles. The number of nitrogens with zero attached hydrogens (tertiary/aromatic N) is 1. The third kappa shape index (κ3) is 4.11. The van der Waals surface area contributed by atoms with Crippen LogP contribution in [0.25, 0.3) is 0 Å². The third-order valence-electron chi connectivity index (χ3n) is 4.97. The van der Waals surface area contributed by atoms with Crippen LogP contribution in [0.1, 0.15) is 38.5 Å². The summed E-state index contributed by atoms with van der Waals surface area (Å²) < 4.78 is 22.5. The molecule has 4 N–H and O–H groups in total. The number of nitrogens with one attached hydrogen (secondary N) is 2. The van der Waals surface area contributed by atoms with E-state index in [1.165, 1.54) is 24.3 Å². The van der Waals surface area contributed by atoms with Gasteiger partial charge in [0.25, 0.3) is 5.91 Å². The van der Waals surface area contributed by atoms with Crippen molar-refractivity contribution in [1.29, 1.82) is 0 Å². The lowest BCUT2D eigenvalue weighted by molar-refractivity contribution is -0.134. The van der Waals surface area contributed by atoms with Gasteiger partial charge in [0, 0.05) is 5.69 Å². The van der Waals surface area contributed by atoms with Gasteiger partial charge in [-0.05, 0) is 37.1 Å². The summed E-state index contributed by atoms with van der Waals surface area (Å²) in [7, 11) is -3.82. The van der Waals surface area contributed by atoms with Crippen molar-refractivity contribution >= 4 is 33.6 Å². The molecule has 146 valence electrons. The average Bonchev–Trinajstić information content (AvgIpc) is 2.77. The highest BCUT2D eigenvalue weighted by Gasteiger charge is 2.51. The number of hydrogen-bond acceptors (Lipinski definition) is 5. The standard InChI is InChI=1S/C17H22N4O5S/c18-27(25,26)13-7-5-12(6-8-13)19-14(22)11-21-15(23)17(20-16(21)24)9-3-1-2-4-10-17/h5-8H,1-4,9-11H2,(H,19,22)(H,20,24)(H2,18,25,26). The summed E-state index contributed by atoms with van der Waals surface area (Å²) in [6.07, 6.45) is 4.96. The lowest BCUT2D eigenvalue weighted by Crippen LogP contribution is -2.47. The van der Waals surface area contributed by atoms with Crippen LogP contribution in [0.2, 0.25) is 0 Å². The first-order valence-electron chi connectivity index (χ1n) is 8.78. The number of amides is 4. The predicted molar refractivity (Wildman–Crippen MR) is 97.1 cm³/mol. The molecule has 1 saturated carbocycles. The van der Waals surface area contributed by atoms with Gasteiger partial charge in [0.2, 0.25) is 15.9 Å². The van der Waals surface area contributed by atoms with E-state index in [0.717, 1.165) is 30.6 Å². The number of nitrogens with two attached hydrogens (primary N) is 1. The van der Waals surface area contributed by atoms with Crippen LogP contribution in [-0.4, -0.2) is 43.2 Å². The van der Waals surface area contributed by atoms with Gasteiger partial charge in [0.05, 0.1) is 4.90 Å². The minimum atomic E-state index is -3.82. The molecular formula is C17H22N4O5S. The number of carbonyl (C=O) groups excluding carboxylic acids is 3. The van der Waals surface area contributed by atoms with Crippen LogP contribution in [0.5, 0.6) is 0 Å². The summed E-state index contributed by atoms with van der Waals surface area (Å²) in [5, 5.41) is 10.3. The molecule has 4 amide bonds. The van der Waals surface area contributed by atoms with E-state index in [-0.39, 0.29) is 10.8 Å². The smallest absolute Gasteiger partial charge is 0.325 e. The van der Waals surface area contributed by atoms with Gasteiger partial charge in [-0.1, -0.05) is 25.7 Å². The Bertz CT molecular complexity index is 858. The summed E-state index contributed by atoms with van der Waals surface area (Å²) in [6.45, 7) is -0.399. The summed E-state index contributed by atoms with van der Waals surface area (Å²) in [6, 6.07) is 4.74. The van der Waals surface area contributed by atoms with Gasteiger partial charge in [-0.3, -0.25) is 14.5 Å². The highest BCUT2D eigenvalue weighted by molar-refractivity contribution is 7.89. The molecular weight excluding hydrogens is 372 g/mol. The Morgan fingerprint density at radius 1 is 1.11 bits per heavy atom. The molecule has 1 aliphatic carbocycles. The van der Waals surface area contributed by atoms with Gasteiger partial charge in [-0.25, -0.2) is 18.4 Å². The summed E-state index contributed by atoms with van der Waals surface area (Å²) in [5.41, 5.74) is -0.547. The minimum Gasteiger partial charge on any atom is -0.325 e. The molecule has 0 aromatic heterocycles. The van der Waals surface area contributed by atoms with Crippen LogP contribution < -0.4 is 15.8 Å².